The fourth-order valence-electron chi connectivity index (χ4n) is 3.81. The molecule has 0 saturated heterocycles. The number of anilines is 2. The Hall–Kier alpha value is -4.48. The first-order valence-corrected chi connectivity index (χ1v) is 10.6. The van der Waals surface area contributed by atoms with Crippen molar-refractivity contribution in [2.24, 2.45) is 7.05 Å². The van der Waals surface area contributed by atoms with E-state index in [1.165, 1.54) is 26.4 Å². The number of alkyl halides is 3. The van der Waals surface area contributed by atoms with Crippen LogP contribution in [0.1, 0.15) is 32.9 Å². The average Bonchev–Trinajstić information content (AvgIpc) is 3.16. The number of aryl methyl sites for hydroxylation is 4. The fraction of sp³-hybridized carbons (Fsp3) is 0.208. The van der Waals surface area contributed by atoms with Crippen LogP contribution in [0.5, 0.6) is 0 Å². The summed E-state index contributed by atoms with van der Waals surface area (Å²) in [7, 11) is 1.37. The molecule has 0 unspecified atom stereocenters. The van der Waals surface area contributed by atoms with Crippen molar-refractivity contribution in [3.05, 3.63) is 81.2 Å². The lowest BCUT2D eigenvalue weighted by atomic mass is 10.1. The molecule has 3 aromatic heterocycles. The third kappa shape index (κ3) is 4.83. The summed E-state index contributed by atoms with van der Waals surface area (Å²) in [6.07, 6.45) is -1.98. The lowest BCUT2D eigenvalue weighted by molar-refractivity contribution is -0.141. The maximum atomic E-state index is 13.4. The number of aromatic carboxylic acids is 1. The predicted molar refractivity (Wildman–Crippen MR) is 126 cm³/mol. The summed E-state index contributed by atoms with van der Waals surface area (Å²) in [4.78, 5) is 32.5. The Morgan fingerprint density at radius 3 is 2.31 bits per heavy atom. The van der Waals surface area contributed by atoms with Crippen LogP contribution in [0, 0.1) is 20.8 Å². The van der Waals surface area contributed by atoms with Crippen molar-refractivity contribution in [3.63, 3.8) is 0 Å². The van der Waals surface area contributed by atoms with Gasteiger partial charge in [0, 0.05) is 41.9 Å². The van der Waals surface area contributed by atoms with Crippen molar-refractivity contribution >= 4 is 17.6 Å². The molecule has 186 valence electrons. The Morgan fingerprint density at radius 1 is 1.06 bits per heavy atom. The Morgan fingerprint density at radius 2 is 1.72 bits per heavy atom. The first kappa shape index (κ1) is 24.6. The molecule has 0 aliphatic heterocycles. The number of aromatic nitrogens is 5. The van der Waals surface area contributed by atoms with Crippen LogP contribution in [0.25, 0.3) is 16.9 Å². The molecule has 3 heterocycles. The van der Waals surface area contributed by atoms with E-state index in [1.807, 2.05) is 32.0 Å². The molecule has 0 atom stereocenters. The topological polar surface area (TPSA) is 115 Å². The number of rotatable bonds is 5. The second-order valence-electron chi connectivity index (χ2n) is 8.38. The van der Waals surface area contributed by atoms with Crippen LogP contribution in [0.2, 0.25) is 0 Å². The van der Waals surface area contributed by atoms with E-state index >= 15 is 0 Å². The van der Waals surface area contributed by atoms with Gasteiger partial charge in [-0.1, -0.05) is 6.07 Å². The normalized spacial score (nSPS) is 11.5. The number of carboxylic acids is 1. The van der Waals surface area contributed by atoms with Crippen LogP contribution in [0.4, 0.5) is 24.8 Å². The van der Waals surface area contributed by atoms with Gasteiger partial charge in [-0.05, 0) is 56.2 Å². The largest absolute Gasteiger partial charge is 0.477 e. The van der Waals surface area contributed by atoms with Gasteiger partial charge in [0.15, 0.2) is 11.5 Å². The molecule has 0 saturated carbocycles. The first-order valence-electron chi connectivity index (χ1n) is 10.6. The number of hydrogen-bond donors (Lipinski definition) is 2. The Labute approximate surface area is 202 Å². The van der Waals surface area contributed by atoms with Crippen LogP contribution >= 0.6 is 0 Å². The quantitative estimate of drug-likeness (QED) is 0.419. The van der Waals surface area contributed by atoms with E-state index in [0.29, 0.717) is 5.69 Å². The van der Waals surface area contributed by atoms with Gasteiger partial charge in [0.2, 0.25) is 5.95 Å². The zero-order valence-corrected chi connectivity index (χ0v) is 19.7. The van der Waals surface area contributed by atoms with Crippen molar-refractivity contribution in [1.29, 1.82) is 0 Å². The maximum absolute atomic E-state index is 13.4. The highest BCUT2D eigenvalue weighted by Gasteiger charge is 2.35. The van der Waals surface area contributed by atoms with E-state index in [0.717, 1.165) is 32.5 Å². The summed E-state index contributed by atoms with van der Waals surface area (Å²) >= 11 is 0. The van der Waals surface area contributed by atoms with E-state index in [2.05, 4.69) is 20.4 Å². The molecule has 0 radical (unpaired) electrons. The van der Waals surface area contributed by atoms with Gasteiger partial charge in [-0.2, -0.15) is 23.3 Å². The van der Waals surface area contributed by atoms with Crippen molar-refractivity contribution in [3.8, 4) is 16.9 Å². The molecule has 9 nitrogen and oxygen atoms in total. The molecule has 0 aliphatic rings. The number of nitrogens with one attached hydrogen (secondary N) is 1. The summed E-state index contributed by atoms with van der Waals surface area (Å²) in [5, 5.41) is 16.2. The van der Waals surface area contributed by atoms with Gasteiger partial charge in [-0.15, -0.1) is 0 Å². The SMILES string of the molecule is Cc1cc(C)cc(Nc2ncc(-c3cc(C(=O)O)c(=O)n(C)c3)c(-n3nc(C(F)(F)F)cc3C)n2)c1. The van der Waals surface area contributed by atoms with Crippen LogP contribution in [-0.4, -0.2) is 35.4 Å². The molecule has 2 N–H and O–H groups in total. The Bertz CT molecular complexity index is 1540. The zero-order chi connectivity index (χ0) is 26.4. The first-order chi connectivity index (χ1) is 16.8. The molecule has 4 aromatic rings. The highest BCUT2D eigenvalue weighted by atomic mass is 19.4. The summed E-state index contributed by atoms with van der Waals surface area (Å²) in [5.41, 5.74) is 0.822. The van der Waals surface area contributed by atoms with Gasteiger partial charge in [0.1, 0.15) is 5.56 Å². The van der Waals surface area contributed by atoms with Gasteiger partial charge >= 0.3 is 12.1 Å². The lowest BCUT2D eigenvalue weighted by Gasteiger charge is -2.14. The Balaban J connectivity index is 1.93. The predicted octanol–water partition coefficient (Wildman–Crippen LogP) is 4.41. The fourth-order valence-corrected chi connectivity index (χ4v) is 3.81. The van der Waals surface area contributed by atoms with Crippen molar-refractivity contribution in [2.45, 2.75) is 26.9 Å². The third-order valence-electron chi connectivity index (χ3n) is 5.35. The molecular formula is C24H21F3N6O3. The van der Waals surface area contributed by atoms with Gasteiger partial charge < -0.3 is 15.0 Å². The molecule has 0 aliphatic carbocycles. The molecule has 1 aromatic carbocycles. The average molecular weight is 498 g/mol. The number of carboxylic acid groups (broad SMARTS) is 1. The van der Waals surface area contributed by atoms with Crippen LogP contribution < -0.4 is 10.9 Å². The van der Waals surface area contributed by atoms with Crippen LogP contribution in [0.15, 0.2) is 47.5 Å². The summed E-state index contributed by atoms with van der Waals surface area (Å²) in [6.45, 7) is 5.27. The summed E-state index contributed by atoms with van der Waals surface area (Å²) in [6, 6.07) is 7.71. The number of benzene rings is 1. The minimum Gasteiger partial charge on any atom is -0.477 e. The zero-order valence-electron chi connectivity index (χ0n) is 19.7. The summed E-state index contributed by atoms with van der Waals surface area (Å²) < 4.78 is 42.2. The van der Waals surface area contributed by atoms with E-state index < -0.39 is 29.0 Å². The smallest absolute Gasteiger partial charge is 0.435 e. The van der Waals surface area contributed by atoms with Gasteiger partial charge in [0.25, 0.3) is 5.56 Å². The molecule has 36 heavy (non-hydrogen) atoms. The molecule has 12 heteroatoms. The van der Waals surface area contributed by atoms with Crippen molar-refractivity contribution < 1.29 is 23.1 Å². The van der Waals surface area contributed by atoms with E-state index in [4.69, 9.17) is 0 Å². The Kier molecular flexibility index (Phi) is 6.12. The highest BCUT2D eigenvalue weighted by molar-refractivity contribution is 5.89. The molecule has 0 bridgehead atoms. The van der Waals surface area contributed by atoms with Crippen LogP contribution in [-0.2, 0) is 13.2 Å². The number of hydrogen-bond acceptors (Lipinski definition) is 6. The van der Waals surface area contributed by atoms with Gasteiger partial charge in [0.05, 0.1) is 0 Å². The lowest BCUT2D eigenvalue weighted by Crippen LogP contribution is -2.24. The van der Waals surface area contributed by atoms with Crippen molar-refractivity contribution in [2.75, 3.05) is 5.32 Å². The monoisotopic (exact) mass is 498 g/mol. The minimum absolute atomic E-state index is 0.0279. The highest BCUT2D eigenvalue weighted by Crippen LogP contribution is 2.32. The third-order valence-corrected chi connectivity index (χ3v) is 5.35. The number of nitrogens with zero attached hydrogens (tertiary/aromatic N) is 5. The van der Waals surface area contributed by atoms with Gasteiger partial charge in [-0.25, -0.2) is 14.5 Å². The maximum Gasteiger partial charge on any atom is 0.435 e. The molecular weight excluding hydrogens is 477 g/mol. The van der Waals surface area contributed by atoms with E-state index in [9.17, 15) is 27.9 Å². The number of pyridine rings is 1. The standard InChI is InChI=1S/C24H21F3N6O3/c1-12-5-13(2)7-16(6-12)29-23-28-10-18(15-9-17(22(35)36)21(34)32(4)11-15)20(30-23)33-14(3)8-19(31-33)24(25,26)27/h5-11H,1-4H3,(H,35,36)(H,28,29,30). The van der Waals surface area contributed by atoms with Crippen molar-refractivity contribution in [1.82, 2.24) is 24.3 Å². The van der Waals surface area contributed by atoms with E-state index in [1.54, 1.807) is 0 Å². The summed E-state index contributed by atoms with van der Waals surface area (Å²) in [5.74, 6) is -1.38. The van der Waals surface area contributed by atoms with Crippen LogP contribution in [0.3, 0.4) is 0 Å². The number of halogens is 3. The molecule has 4 rings (SSSR count). The molecule has 0 spiro atoms. The van der Waals surface area contributed by atoms with Gasteiger partial charge in [-0.3, -0.25) is 4.79 Å². The number of carbonyl (C=O) groups is 1. The minimum atomic E-state index is -4.68. The molecule has 0 fully saturated rings. The van der Waals surface area contributed by atoms with E-state index in [-0.39, 0.29) is 28.6 Å². The molecule has 0 amide bonds. The second kappa shape index (κ2) is 8.95. The second-order valence-corrected chi connectivity index (χ2v) is 8.38.